The molecule has 102 valence electrons. The van der Waals surface area contributed by atoms with E-state index in [1.54, 1.807) is 0 Å². The molecule has 2 heterocycles. The zero-order chi connectivity index (χ0) is 13.8. The average Bonchev–Trinajstić information content (AvgIpc) is 2.82. The molecule has 2 aromatic rings. The second-order valence-electron chi connectivity index (χ2n) is 4.78. The molecule has 0 saturated carbocycles. The summed E-state index contributed by atoms with van der Waals surface area (Å²) in [5.74, 6) is 0.768. The third-order valence-electron chi connectivity index (χ3n) is 3.30. The standard InChI is InChI=1S/C15H22N4/c1-5-18(6-2)11-14-8-7-9-19(14)15-16-12(3)10-13(4)17-15/h7-10H,5-6,11H2,1-4H3. The molecule has 0 spiro atoms. The largest absolute Gasteiger partial charge is 0.298 e. The van der Waals surface area contributed by atoms with Crippen molar-refractivity contribution in [1.29, 1.82) is 0 Å². The summed E-state index contributed by atoms with van der Waals surface area (Å²) < 4.78 is 2.08. The molecule has 2 rings (SSSR count). The fraction of sp³-hybridized carbons (Fsp3) is 0.467. The Morgan fingerprint density at radius 2 is 1.74 bits per heavy atom. The SMILES string of the molecule is CCN(CC)Cc1cccn1-c1nc(C)cc(C)n1. The molecular weight excluding hydrogens is 236 g/mol. The number of aryl methyl sites for hydroxylation is 2. The first-order chi connectivity index (χ1) is 9.13. The predicted molar refractivity (Wildman–Crippen MR) is 77.5 cm³/mol. The molecule has 19 heavy (non-hydrogen) atoms. The molecule has 0 atom stereocenters. The minimum atomic E-state index is 0.768. The van der Waals surface area contributed by atoms with Gasteiger partial charge in [-0.3, -0.25) is 9.47 Å². The summed E-state index contributed by atoms with van der Waals surface area (Å²) >= 11 is 0. The van der Waals surface area contributed by atoms with Gasteiger partial charge in [-0.15, -0.1) is 0 Å². The minimum Gasteiger partial charge on any atom is -0.298 e. The summed E-state index contributed by atoms with van der Waals surface area (Å²) in [5, 5.41) is 0. The lowest BCUT2D eigenvalue weighted by Crippen LogP contribution is -2.23. The van der Waals surface area contributed by atoms with Crippen LogP contribution in [0.4, 0.5) is 0 Å². The number of rotatable bonds is 5. The Hall–Kier alpha value is -1.68. The lowest BCUT2D eigenvalue weighted by atomic mass is 10.3. The molecule has 0 amide bonds. The first kappa shape index (κ1) is 13.7. The van der Waals surface area contributed by atoms with Gasteiger partial charge in [-0.2, -0.15) is 0 Å². The van der Waals surface area contributed by atoms with E-state index in [4.69, 9.17) is 0 Å². The van der Waals surface area contributed by atoms with Crippen molar-refractivity contribution >= 4 is 0 Å². The summed E-state index contributed by atoms with van der Waals surface area (Å²) in [7, 11) is 0. The Kier molecular flexibility index (Phi) is 4.32. The van der Waals surface area contributed by atoms with Gasteiger partial charge in [0.1, 0.15) is 0 Å². The maximum atomic E-state index is 4.53. The maximum Gasteiger partial charge on any atom is 0.234 e. The van der Waals surface area contributed by atoms with Crippen molar-refractivity contribution in [3.63, 3.8) is 0 Å². The van der Waals surface area contributed by atoms with Crippen LogP contribution in [0.3, 0.4) is 0 Å². The maximum absolute atomic E-state index is 4.53. The van der Waals surface area contributed by atoms with Crippen LogP contribution < -0.4 is 0 Å². The fourth-order valence-electron chi connectivity index (χ4n) is 2.23. The molecule has 2 aromatic heterocycles. The van der Waals surface area contributed by atoms with E-state index in [0.29, 0.717) is 0 Å². The molecule has 0 bridgehead atoms. The highest BCUT2D eigenvalue weighted by molar-refractivity contribution is 5.24. The molecule has 0 radical (unpaired) electrons. The van der Waals surface area contributed by atoms with Gasteiger partial charge < -0.3 is 0 Å². The molecule has 0 N–H and O–H groups in total. The first-order valence-corrected chi connectivity index (χ1v) is 6.85. The van der Waals surface area contributed by atoms with Crippen LogP contribution in [-0.2, 0) is 6.54 Å². The molecule has 0 aliphatic heterocycles. The summed E-state index contributed by atoms with van der Waals surface area (Å²) in [6.45, 7) is 11.4. The van der Waals surface area contributed by atoms with Crippen LogP contribution in [-0.4, -0.2) is 32.5 Å². The van der Waals surface area contributed by atoms with Crippen molar-refractivity contribution in [2.45, 2.75) is 34.2 Å². The van der Waals surface area contributed by atoms with E-state index in [9.17, 15) is 0 Å². The van der Waals surface area contributed by atoms with Crippen molar-refractivity contribution in [3.8, 4) is 5.95 Å². The van der Waals surface area contributed by atoms with Gasteiger partial charge in [0, 0.05) is 29.8 Å². The molecule has 0 saturated heterocycles. The second-order valence-corrected chi connectivity index (χ2v) is 4.78. The predicted octanol–water partition coefficient (Wildman–Crippen LogP) is 2.73. The number of hydrogen-bond donors (Lipinski definition) is 0. The highest BCUT2D eigenvalue weighted by Crippen LogP contribution is 2.12. The van der Waals surface area contributed by atoms with Gasteiger partial charge in [-0.25, -0.2) is 9.97 Å². The quantitative estimate of drug-likeness (QED) is 0.827. The average molecular weight is 258 g/mol. The van der Waals surface area contributed by atoms with Crippen LogP contribution in [0, 0.1) is 13.8 Å². The number of hydrogen-bond acceptors (Lipinski definition) is 3. The normalized spacial score (nSPS) is 11.2. The third-order valence-corrected chi connectivity index (χ3v) is 3.30. The van der Waals surface area contributed by atoms with Crippen LogP contribution in [0.15, 0.2) is 24.4 Å². The van der Waals surface area contributed by atoms with Crippen molar-refractivity contribution in [2.24, 2.45) is 0 Å². The Labute approximate surface area is 115 Å². The summed E-state index contributed by atoms with van der Waals surface area (Å²) in [6, 6.07) is 6.19. The van der Waals surface area contributed by atoms with Crippen LogP contribution >= 0.6 is 0 Å². The minimum absolute atomic E-state index is 0.768. The topological polar surface area (TPSA) is 34.0 Å². The van der Waals surface area contributed by atoms with Crippen molar-refractivity contribution < 1.29 is 0 Å². The molecule has 0 unspecified atom stereocenters. The first-order valence-electron chi connectivity index (χ1n) is 6.85. The zero-order valence-corrected chi connectivity index (χ0v) is 12.2. The van der Waals surface area contributed by atoms with Crippen molar-refractivity contribution in [2.75, 3.05) is 13.1 Å². The summed E-state index contributed by atoms with van der Waals surface area (Å²) in [4.78, 5) is 11.4. The van der Waals surface area contributed by atoms with E-state index in [1.165, 1.54) is 5.69 Å². The van der Waals surface area contributed by atoms with Gasteiger partial charge in [0.2, 0.25) is 5.95 Å². The van der Waals surface area contributed by atoms with Crippen molar-refractivity contribution in [1.82, 2.24) is 19.4 Å². The Balaban J connectivity index is 2.33. The third kappa shape index (κ3) is 3.20. The van der Waals surface area contributed by atoms with Crippen LogP contribution in [0.25, 0.3) is 5.95 Å². The van der Waals surface area contributed by atoms with Gasteiger partial charge in [-0.05, 0) is 45.1 Å². The van der Waals surface area contributed by atoms with E-state index >= 15 is 0 Å². The molecule has 0 aliphatic rings. The smallest absolute Gasteiger partial charge is 0.234 e. The van der Waals surface area contributed by atoms with Gasteiger partial charge in [0.05, 0.1) is 0 Å². The van der Waals surface area contributed by atoms with Gasteiger partial charge in [0.15, 0.2) is 0 Å². The Morgan fingerprint density at radius 3 is 2.32 bits per heavy atom. The second kappa shape index (κ2) is 5.97. The lowest BCUT2D eigenvalue weighted by Gasteiger charge is -2.19. The van der Waals surface area contributed by atoms with Crippen LogP contribution in [0.1, 0.15) is 30.9 Å². The molecule has 0 fully saturated rings. The highest BCUT2D eigenvalue weighted by atomic mass is 15.2. The molecule has 4 heteroatoms. The van der Waals surface area contributed by atoms with Gasteiger partial charge in [-0.1, -0.05) is 13.8 Å². The van der Waals surface area contributed by atoms with Crippen molar-refractivity contribution in [3.05, 3.63) is 41.5 Å². The Bertz CT molecular complexity index is 521. The van der Waals surface area contributed by atoms with E-state index in [1.807, 2.05) is 26.1 Å². The number of nitrogens with zero attached hydrogens (tertiary/aromatic N) is 4. The molecule has 0 aliphatic carbocycles. The van der Waals surface area contributed by atoms with Crippen LogP contribution in [0.2, 0.25) is 0 Å². The van der Waals surface area contributed by atoms with Crippen LogP contribution in [0.5, 0.6) is 0 Å². The lowest BCUT2D eigenvalue weighted by molar-refractivity contribution is 0.290. The van der Waals surface area contributed by atoms with E-state index in [-0.39, 0.29) is 0 Å². The Morgan fingerprint density at radius 1 is 1.11 bits per heavy atom. The fourth-order valence-corrected chi connectivity index (χ4v) is 2.23. The monoisotopic (exact) mass is 258 g/mol. The highest BCUT2D eigenvalue weighted by Gasteiger charge is 2.09. The van der Waals surface area contributed by atoms with Gasteiger partial charge in [0.25, 0.3) is 0 Å². The summed E-state index contributed by atoms with van der Waals surface area (Å²) in [6.07, 6.45) is 2.03. The van der Waals surface area contributed by atoms with Gasteiger partial charge >= 0.3 is 0 Å². The van der Waals surface area contributed by atoms with E-state index in [0.717, 1.165) is 37.0 Å². The molecule has 0 aromatic carbocycles. The zero-order valence-electron chi connectivity index (χ0n) is 12.2. The molecular formula is C15H22N4. The van der Waals surface area contributed by atoms with E-state index < -0.39 is 0 Å². The number of aromatic nitrogens is 3. The van der Waals surface area contributed by atoms with E-state index in [2.05, 4.69) is 45.4 Å². The summed E-state index contributed by atoms with van der Waals surface area (Å²) in [5.41, 5.74) is 3.24. The molecule has 4 nitrogen and oxygen atoms in total.